The van der Waals surface area contributed by atoms with Crippen molar-refractivity contribution in [3.05, 3.63) is 41.6 Å². The molecule has 0 fully saturated rings. The second kappa shape index (κ2) is 7.58. The Bertz CT molecular complexity index is 946. The van der Waals surface area contributed by atoms with Gasteiger partial charge in [-0.3, -0.25) is 4.98 Å². The summed E-state index contributed by atoms with van der Waals surface area (Å²) in [5, 5.41) is 4.71. The van der Waals surface area contributed by atoms with Crippen LogP contribution < -0.4 is 24.3 Å². The highest BCUT2D eigenvalue weighted by Crippen LogP contribution is 2.40. The van der Waals surface area contributed by atoms with Crippen molar-refractivity contribution < 1.29 is 18.9 Å². The van der Waals surface area contributed by atoms with Gasteiger partial charge in [0.25, 0.3) is 0 Å². The fourth-order valence-corrected chi connectivity index (χ4v) is 2.92. The van der Waals surface area contributed by atoms with Gasteiger partial charge in [0, 0.05) is 35.5 Å². The topological polar surface area (TPSA) is 61.8 Å². The standard InChI is InChI=1S/C19H19ClN2O4/c1-23-16-10-15(17(24-2)8-12(16)20)22-13-5-6-21-14-9-19(26-4)18(25-3)7-11(13)14/h5-10H,1-4H3,(H,21,22). The molecule has 0 radical (unpaired) electrons. The minimum absolute atomic E-state index is 0.473. The number of aromatic nitrogens is 1. The van der Waals surface area contributed by atoms with Crippen molar-refractivity contribution in [3.63, 3.8) is 0 Å². The first-order chi connectivity index (χ1) is 12.6. The highest BCUT2D eigenvalue weighted by molar-refractivity contribution is 6.32. The monoisotopic (exact) mass is 374 g/mol. The van der Waals surface area contributed by atoms with Crippen LogP contribution >= 0.6 is 11.6 Å². The van der Waals surface area contributed by atoms with Gasteiger partial charge < -0.3 is 24.3 Å². The average Bonchev–Trinajstić information content (AvgIpc) is 2.67. The maximum absolute atomic E-state index is 6.18. The van der Waals surface area contributed by atoms with Crippen LogP contribution in [0.25, 0.3) is 10.9 Å². The molecule has 3 rings (SSSR count). The van der Waals surface area contributed by atoms with E-state index in [-0.39, 0.29) is 0 Å². The normalized spacial score (nSPS) is 10.5. The number of hydrogen-bond donors (Lipinski definition) is 1. The average molecular weight is 375 g/mol. The summed E-state index contributed by atoms with van der Waals surface area (Å²) < 4.78 is 21.5. The zero-order valence-electron chi connectivity index (χ0n) is 14.9. The molecular formula is C19H19ClN2O4. The number of fused-ring (bicyclic) bond motifs is 1. The molecule has 2 aromatic carbocycles. The van der Waals surface area contributed by atoms with Gasteiger partial charge in [-0.2, -0.15) is 0 Å². The molecule has 6 nitrogen and oxygen atoms in total. The Morgan fingerprint density at radius 1 is 0.769 bits per heavy atom. The number of pyridine rings is 1. The van der Waals surface area contributed by atoms with Gasteiger partial charge in [0.05, 0.1) is 44.7 Å². The molecule has 0 aliphatic rings. The molecule has 0 unspecified atom stereocenters. The smallest absolute Gasteiger partial charge is 0.162 e. The molecule has 0 aliphatic heterocycles. The quantitative estimate of drug-likeness (QED) is 0.676. The van der Waals surface area contributed by atoms with E-state index < -0.39 is 0 Å². The number of methoxy groups -OCH3 is 4. The lowest BCUT2D eigenvalue weighted by molar-refractivity contribution is 0.356. The maximum Gasteiger partial charge on any atom is 0.162 e. The second-order valence-electron chi connectivity index (χ2n) is 5.39. The van der Waals surface area contributed by atoms with Crippen molar-refractivity contribution >= 4 is 33.9 Å². The lowest BCUT2D eigenvalue weighted by Crippen LogP contribution is -1.98. The van der Waals surface area contributed by atoms with Crippen LogP contribution in [0.3, 0.4) is 0 Å². The second-order valence-corrected chi connectivity index (χ2v) is 5.80. The summed E-state index contributed by atoms with van der Waals surface area (Å²) in [4.78, 5) is 4.41. The molecule has 0 bridgehead atoms. The highest BCUT2D eigenvalue weighted by Gasteiger charge is 2.14. The molecule has 0 atom stereocenters. The summed E-state index contributed by atoms with van der Waals surface area (Å²) in [6.07, 6.45) is 1.72. The van der Waals surface area contributed by atoms with Gasteiger partial charge in [0.15, 0.2) is 11.5 Å². The van der Waals surface area contributed by atoms with Crippen LogP contribution in [-0.2, 0) is 0 Å². The number of ether oxygens (including phenoxy) is 4. The van der Waals surface area contributed by atoms with Crippen LogP contribution in [0.5, 0.6) is 23.0 Å². The summed E-state index contributed by atoms with van der Waals surface area (Å²) in [5.74, 6) is 2.39. The number of hydrogen-bond acceptors (Lipinski definition) is 6. The first-order valence-electron chi connectivity index (χ1n) is 7.80. The summed E-state index contributed by atoms with van der Waals surface area (Å²) >= 11 is 6.18. The Morgan fingerprint density at radius 2 is 1.42 bits per heavy atom. The van der Waals surface area contributed by atoms with Gasteiger partial charge >= 0.3 is 0 Å². The Kier molecular flexibility index (Phi) is 5.23. The molecule has 0 amide bonds. The molecule has 136 valence electrons. The van der Waals surface area contributed by atoms with Crippen molar-refractivity contribution in [1.82, 2.24) is 4.98 Å². The third-order valence-electron chi connectivity index (χ3n) is 3.99. The van der Waals surface area contributed by atoms with Crippen LogP contribution in [0.1, 0.15) is 0 Å². The first kappa shape index (κ1) is 17.9. The first-order valence-corrected chi connectivity index (χ1v) is 8.18. The molecule has 1 aromatic heterocycles. The minimum Gasteiger partial charge on any atom is -0.495 e. The SMILES string of the molecule is COc1cc(Nc2ccnc3cc(OC)c(OC)cc23)c(OC)cc1Cl. The van der Waals surface area contributed by atoms with Gasteiger partial charge in [-0.1, -0.05) is 11.6 Å². The van der Waals surface area contributed by atoms with Crippen molar-refractivity contribution in [1.29, 1.82) is 0 Å². The summed E-state index contributed by atoms with van der Waals surface area (Å²) in [7, 11) is 6.34. The number of anilines is 2. The Hall–Kier alpha value is -2.86. The number of nitrogens with one attached hydrogen (secondary N) is 1. The third-order valence-corrected chi connectivity index (χ3v) is 4.29. The van der Waals surface area contributed by atoms with Gasteiger partial charge in [0.2, 0.25) is 0 Å². The predicted octanol–water partition coefficient (Wildman–Crippen LogP) is 4.67. The van der Waals surface area contributed by atoms with Crippen molar-refractivity contribution in [2.75, 3.05) is 33.8 Å². The predicted molar refractivity (Wildman–Crippen MR) is 103 cm³/mol. The van der Waals surface area contributed by atoms with Crippen LogP contribution in [0.15, 0.2) is 36.5 Å². The Balaban J connectivity index is 2.12. The van der Waals surface area contributed by atoms with E-state index in [1.807, 2.05) is 18.2 Å². The molecule has 1 N–H and O–H groups in total. The van der Waals surface area contributed by atoms with E-state index in [1.165, 1.54) is 0 Å². The number of halogens is 1. The molecule has 0 saturated heterocycles. The summed E-state index contributed by atoms with van der Waals surface area (Å²) in [5.41, 5.74) is 2.32. The third kappa shape index (κ3) is 3.28. The van der Waals surface area contributed by atoms with Gasteiger partial charge in [0.1, 0.15) is 11.5 Å². The zero-order valence-corrected chi connectivity index (χ0v) is 15.7. The van der Waals surface area contributed by atoms with E-state index in [0.29, 0.717) is 28.0 Å². The minimum atomic E-state index is 0.473. The molecule has 7 heteroatoms. The molecule has 3 aromatic rings. The number of benzene rings is 2. The maximum atomic E-state index is 6.18. The van der Waals surface area contributed by atoms with E-state index in [0.717, 1.165) is 22.3 Å². The molecule has 26 heavy (non-hydrogen) atoms. The fourth-order valence-electron chi connectivity index (χ4n) is 2.68. The largest absolute Gasteiger partial charge is 0.495 e. The van der Waals surface area contributed by atoms with Crippen LogP contribution in [-0.4, -0.2) is 33.4 Å². The van der Waals surface area contributed by atoms with Gasteiger partial charge in [-0.25, -0.2) is 0 Å². The van der Waals surface area contributed by atoms with Crippen LogP contribution in [0.2, 0.25) is 5.02 Å². The van der Waals surface area contributed by atoms with Crippen molar-refractivity contribution in [2.45, 2.75) is 0 Å². The van der Waals surface area contributed by atoms with Crippen LogP contribution in [0, 0.1) is 0 Å². The molecule has 1 heterocycles. The molecular weight excluding hydrogens is 356 g/mol. The van der Waals surface area contributed by atoms with E-state index in [4.69, 9.17) is 30.5 Å². The van der Waals surface area contributed by atoms with Crippen molar-refractivity contribution in [3.8, 4) is 23.0 Å². The van der Waals surface area contributed by atoms with Crippen molar-refractivity contribution in [2.24, 2.45) is 0 Å². The summed E-state index contributed by atoms with van der Waals surface area (Å²) in [6, 6.07) is 9.07. The lowest BCUT2D eigenvalue weighted by atomic mass is 10.1. The number of rotatable bonds is 6. The van der Waals surface area contributed by atoms with Gasteiger partial charge in [-0.05, 0) is 12.1 Å². The Labute approximate surface area is 156 Å². The van der Waals surface area contributed by atoms with Crippen LogP contribution in [0.4, 0.5) is 11.4 Å². The molecule has 0 aliphatic carbocycles. The summed E-state index contributed by atoms with van der Waals surface area (Å²) in [6.45, 7) is 0. The molecule has 0 saturated carbocycles. The lowest BCUT2D eigenvalue weighted by Gasteiger charge is -2.16. The molecule has 0 spiro atoms. The number of nitrogens with zero attached hydrogens (tertiary/aromatic N) is 1. The van der Waals surface area contributed by atoms with E-state index in [2.05, 4.69) is 10.3 Å². The Morgan fingerprint density at radius 3 is 2.08 bits per heavy atom. The highest BCUT2D eigenvalue weighted by atomic mass is 35.5. The fraction of sp³-hybridized carbons (Fsp3) is 0.211. The van der Waals surface area contributed by atoms with Gasteiger partial charge in [-0.15, -0.1) is 0 Å². The zero-order chi connectivity index (χ0) is 18.7. The van der Waals surface area contributed by atoms with E-state index >= 15 is 0 Å². The van der Waals surface area contributed by atoms with E-state index in [9.17, 15) is 0 Å². The van der Waals surface area contributed by atoms with E-state index in [1.54, 1.807) is 46.8 Å².